The van der Waals surface area contributed by atoms with E-state index in [1.165, 1.54) is 43.4 Å². The molecule has 0 spiro atoms. The SMILES string of the molecule is COCCN1CCC[C@H]1CNC1Cc2ccccc2C1. The van der Waals surface area contributed by atoms with Crippen LogP contribution in [0.25, 0.3) is 0 Å². The van der Waals surface area contributed by atoms with Crippen LogP contribution in [0.3, 0.4) is 0 Å². The van der Waals surface area contributed by atoms with E-state index in [-0.39, 0.29) is 0 Å². The number of benzene rings is 1. The molecule has 3 nitrogen and oxygen atoms in total. The molecule has 1 atom stereocenters. The minimum atomic E-state index is 0.636. The number of hydrogen-bond donors (Lipinski definition) is 1. The van der Waals surface area contributed by atoms with Gasteiger partial charge >= 0.3 is 0 Å². The third-order valence-corrected chi connectivity index (χ3v) is 4.77. The molecule has 1 heterocycles. The van der Waals surface area contributed by atoms with Crippen molar-refractivity contribution in [1.82, 2.24) is 10.2 Å². The zero-order valence-corrected chi connectivity index (χ0v) is 12.5. The van der Waals surface area contributed by atoms with Crippen molar-refractivity contribution in [2.24, 2.45) is 0 Å². The number of rotatable bonds is 6. The fraction of sp³-hybridized carbons (Fsp3) is 0.647. The van der Waals surface area contributed by atoms with Gasteiger partial charge in [-0.25, -0.2) is 0 Å². The summed E-state index contributed by atoms with van der Waals surface area (Å²) in [6.07, 6.45) is 5.05. The van der Waals surface area contributed by atoms with Gasteiger partial charge in [-0.1, -0.05) is 24.3 Å². The highest BCUT2D eigenvalue weighted by molar-refractivity contribution is 5.33. The Morgan fingerprint density at radius 3 is 2.70 bits per heavy atom. The topological polar surface area (TPSA) is 24.5 Å². The summed E-state index contributed by atoms with van der Waals surface area (Å²) < 4.78 is 5.21. The van der Waals surface area contributed by atoms with Crippen LogP contribution in [0.2, 0.25) is 0 Å². The van der Waals surface area contributed by atoms with E-state index < -0.39 is 0 Å². The Morgan fingerprint density at radius 2 is 2.00 bits per heavy atom. The highest BCUT2D eigenvalue weighted by Crippen LogP contribution is 2.22. The normalized spacial score (nSPS) is 23.4. The van der Waals surface area contributed by atoms with E-state index in [9.17, 15) is 0 Å². The lowest BCUT2D eigenvalue weighted by molar-refractivity contribution is 0.139. The van der Waals surface area contributed by atoms with Crippen molar-refractivity contribution in [2.75, 3.05) is 33.4 Å². The largest absolute Gasteiger partial charge is 0.383 e. The maximum Gasteiger partial charge on any atom is 0.0589 e. The Labute approximate surface area is 122 Å². The fourth-order valence-electron chi connectivity index (χ4n) is 3.64. The Morgan fingerprint density at radius 1 is 1.25 bits per heavy atom. The maximum absolute atomic E-state index is 5.21. The van der Waals surface area contributed by atoms with Crippen LogP contribution in [0.5, 0.6) is 0 Å². The van der Waals surface area contributed by atoms with Crippen molar-refractivity contribution in [3.63, 3.8) is 0 Å². The molecular weight excluding hydrogens is 248 g/mol. The van der Waals surface area contributed by atoms with Crippen molar-refractivity contribution < 1.29 is 4.74 Å². The van der Waals surface area contributed by atoms with E-state index in [0.717, 1.165) is 19.7 Å². The minimum absolute atomic E-state index is 0.636. The second kappa shape index (κ2) is 6.70. The molecule has 3 heteroatoms. The summed E-state index contributed by atoms with van der Waals surface area (Å²) in [6.45, 7) is 4.29. The van der Waals surface area contributed by atoms with E-state index in [0.29, 0.717) is 12.1 Å². The first-order valence-corrected chi connectivity index (χ1v) is 7.90. The smallest absolute Gasteiger partial charge is 0.0589 e. The van der Waals surface area contributed by atoms with Gasteiger partial charge < -0.3 is 10.1 Å². The van der Waals surface area contributed by atoms with Gasteiger partial charge in [0.1, 0.15) is 0 Å². The van der Waals surface area contributed by atoms with Gasteiger partial charge in [-0.05, 0) is 43.4 Å². The quantitative estimate of drug-likeness (QED) is 0.857. The van der Waals surface area contributed by atoms with Crippen molar-refractivity contribution >= 4 is 0 Å². The summed E-state index contributed by atoms with van der Waals surface area (Å²) >= 11 is 0. The molecule has 110 valence electrons. The van der Waals surface area contributed by atoms with Gasteiger partial charge in [0.05, 0.1) is 6.61 Å². The highest BCUT2D eigenvalue weighted by Gasteiger charge is 2.26. The molecule has 3 rings (SSSR count). The molecule has 1 saturated heterocycles. The van der Waals surface area contributed by atoms with Crippen molar-refractivity contribution in [3.05, 3.63) is 35.4 Å². The van der Waals surface area contributed by atoms with Gasteiger partial charge in [0.25, 0.3) is 0 Å². The van der Waals surface area contributed by atoms with Crippen LogP contribution in [0.1, 0.15) is 24.0 Å². The van der Waals surface area contributed by atoms with Crippen molar-refractivity contribution in [1.29, 1.82) is 0 Å². The molecular formula is C17H26N2O. The van der Waals surface area contributed by atoms with Crippen LogP contribution < -0.4 is 5.32 Å². The van der Waals surface area contributed by atoms with Crippen LogP contribution in [0.4, 0.5) is 0 Å². The second-order valence-electron chi connectivity index (χ2n) is 6.11. The average Bonchev–Trinajstić information content (AvgIpc) is 3.08. The van der Waals surface area contributed by atoms with Gasteiger partial charge in [0.2, 0.25) is 0 Å². The minimum Gasteiger partial charge on any atom is -0.383 e. The monoisotopic (exact) mass is 274 g/mol. The van der Waals surface area contributed by atoms with Crippen molar-refractivity contribution in [2.45, 2.75) is 37.8 Å². The molecule has 1 aliphatic heterocycles. The third kappa shape index (κ3) is 3.22. The first-order chi connectivity index (χ1) is 9.86. The lowest BCUT2D eigenvalue weighted by Gasteiger charge is -2.25. The second-order valence-corrected chi connectivity index (χ2v) is 6.11. The molecule has 1 aliphatic carbocycles. The van der Waals surface area contributed by atoms with Crippen LogP contribution in [0.15, 0.2) is 24.3 Å². The molecule has 1 N–H and O–H groups in total. The number of nitrogens with one attached hydrogen (secondary N) is 1. The molecule has 20 heavy (non-hydrogen) atoms. The van der Waals surface area contributed by atoms with Gasteiger partial charge in [-0.2, -0.15) is 0 Å². The van der Waals surface area contributed by atoms with Crippen LogP contribution in [0, 0.1) is 0 Å². The van der Waals surface area contributed by atoms with E-state index in [1.54, 1.807) is 7.11 Å². The summed E-state index contributed by atoms with van der Waals surface area (Å²) in [5, 5.41) is 3.79. The summed E-state index contributed by atoms with van der Waals surface area (Å²) in [5.74, 6) is 0. The van der Waals surface area contributed by atoms with Gasteiger partial charge in [-0.15, -0.1) is 0 Å². The molecule has 1 aromatic carbocycles. The van der Waals surface area contributed by atoms with Crippen molar-refractivity contribution in [3.8, 4) is 0 Å². The Hall–Kier alpha value is -0.900. The molecule has 0 aromatic heterocycles. The van der Waals surface area contributed by atoms with E-state index in [2.05, 4.69) is 34.5 Å². The number of hydrogen-bond acceptors (Lipinski definition) is 3. The Bertz CT molecular complexity index is 410. The summed E-state index contributed by atoms with van der Waals surface area (Å²) in [4.78, 5) is 2.58. The first kappa shape index (κ1) is 14.1. The average molecular weight is 274 g/mol. The first-order valence-electron chi connectivity index (χ1n) is 7.90. The molecule has 0 bridgehead atoms. The maximum atomic E-state index is 5.21. The number of nitrogens with zero attached hydrogens (tertiary/aromatic N) is 1. The highest BCUT2D eigenvalue weighted by atomic mass is 16.5. The van der Waals surface area contributed by atoms with Crippen LogP contribution in [-0.4, -0.2) is 50.3 Å². The lowest BCUT2D eigenvalue weighted by atomic mass is 10.1. The van der Waals surface area contributed by atoms with E-state index in [4.69, 9.17) is 4.74 Å². The lowest BCUT2D eigenvalue weighted by Crippen LogP contribution is -2.43. The zero-order chi connectivity index (χ0) is 13.8. The predicted octanol–water partition coefficient (Wildman–Crippen LogP) is 1.85. The molecule has 0 amide bonds. The van der Waals surface area contributed by atoms with Crippen LogP contribution >= 0.6 is 0 Å². The molecule has 0 unspecified atom stereocenters. The molecule has 2 aliphatic rings. The number of fused-ring (bicyclic) bond motifs is 1. The predicted molar refractivity (Wildman–Crippen MR) is 82.1 cm³/mol. The Kier molecular flexibility index (Phi) is 4.71. The van der Waals surface area contributed by atoms with E-state index in [1.807, 2.05) is 0 Å². The Balaban J connectivity index is 1.46. The molecule has 0 radical (unpaired) electrons. The summed E-state index contributed by atoms with van der Waals surface area (Å²) in [7, 11) is 1.79. The fourth-order valence-corrected chi connectivity index (χ4v) is 3.64. The summed E-state index contributed by atoms with van der Waals surface area (Å²) in [6, 6.07) is 10.2. The third-order valence-electron chi connectivity index (χ3n) is 4.77. The van der Waals surface area contributed by atoms with Gasteiger partial charge in [0.15, 0.2) is 0 Å². The molecule has 1 aromatic rings. The standard InChI is InChI=1S/C17H26N2O/c1-20-10-9-19-8-4-7-17(19)13-18-16-11-14-5-2-3-6-15(14)12-16/h2-3,5-6,16-18H,4,7-13H2,1H3/t17-/m0/s1. The zero-order valence-electron chi connectivity index (χ0n) is 12.5. The number of ether oxygens (including phenoxy) is 1. The molecule has 1 fully saturated rings. The number of likely N-dealkylation sites (tertiary alicyclic amines) is 1. The van der Waals surface area contributed by atoms with E-state index >= 15 is 0 Å². The number of methoxy groups -OCH3 is 1. The van der Waals surface area contributed by atoms with Gasteiger partial charge in [-0.3, -0.25) is 4.90 Å². The van der Waals surface area contributed by atoms with Gasteiger partial charge in [0, 0.05) is 32.3 Å². The van der Waals surface area contributed by atoms with Crippen LogP contribution in [-0.2, 0) is 17.6 Å². The summed E-state index contributed by atoms with van der Waals surface area (Å²) in [5.41, 5.74) is 3.07. The molecule has 0 saturated carbocycles.